The summed E-state index contributed by atoms with van der Waals surface area (Å²) in [6.45, 7) is 10.1. The van der Waals surface area contributed by atoms with E-state index in [0.717, 1.165) is 37.0 Å². The molecular formula is C23H31N5. The van der Waals surface area contributed by atoms with Gasteiger partial charge in [0.1, 0.15) is 17.7 Å². The summed E-state index contributed by atoms with van der Waals surface area (Å²) < 4.78 is 2.30. The normalized spacial score (nSPS) is 16.6. The molecule has 1 unspecified atom stereocenters. The van der Waals surface area contributed by atoms with Crippen molar-refractivity contribution in [2.24, 2.45) is 11.3 Å². The van der Waals surface area contributed by atoms with Gasteiger partial charge in [-0.25, -0.2) is 9.97 Å². The summed E-state index contributed by atoms with van der Waals surface area (Å²) in [5.41, 5.74) is 4.75. The van der Waals surface area contributed by atoms with Crippen LogP contribution in [0.2, 0.25) is 0 Å². The number of nitriles is 2. The summed E-state index contributed by atoms with van der Waals surface area (Å²) in [6, 6.07) is 4.11. The molecule has 0 saturated heterocycles. The Kier molecular flexibility index (Phi) is 6.04. The molecule has 148 valence electrons. The van der Waals surface area contributed by atoms with Gasteiger partial charge in [-0.2, -0.15) is 10.5 Å². The average molecular weight is 378 g/mol. The highest BCUT2D eigenvalue weighted by Crippen LogP contribution is 2.40. The SMILES string of the molecule is CCCCCCCn1c2c(c3nc(C#N)c(C#N)nc31)CC(C(C)(C)C)CC2. The highest BCUT2D eigenvalue weighted by molar-refractivity contribution is 5.79. The first-order valence-electron chi connectivity index (χ1n) is 10.6. The van der Waals surface area contributed by atoms with Crippen molar-refractivity contribution in [2.45, 2.75) is 85.6 Å². The minimum atomic E-state index is 0.143. The monoisotopic (exact) mass is 377 g/mol. The Labute approximate surface area is 168 Å². The molecule has 0 spiro atoms. The molecule has 1 atom stereocenters. The van der Waals surface area contributed by atoms with E-state index in [9.17, 15) is 10.5 Å². The minimum Gasteiger partial charge on any atom is -0.328 e. The van der Waals surface area contributed by atoms with E-state index in [1.807, 2.05) is 0 Å². The molecule has 0 aromatic carbocycles. The van der Waals surface area contributed by atoms with Gasteiger partial charge in [0.05, 0.1) is 0 Å². The first-order valence-corrected chi connectivity index (χ1v) is 10.6. The van der Waals surface area contributed by atoms with E-state index in [1.165, 1.54) is 43.4 Å². The zero-order valence-corrected chi connectivity index (χ0v) is 17.7. The summed E-state index contributed by atoms with van der Waals surface area (Å²) in [5, 5.41) is 18.8. The lowest BCUT2D eigenvalue weighted by Crippen LogP contribution is -2.27. The van der Waals surface area contributed by atoms with Gasteiger partial charge in [0.25, 0.3) is 0 Å². The van der Waals surface area contributed by atoms with Crippen LogP contribution in [0.15, 0.2) is 0 Å². The molecule has 28 heavy (non-hydrogen) atoms. The maximum atomic E-state index is 9.41. The zero-order chi connectivity index (χ0) is 20.3. The first-order chi connectivity index (χ1) is 13.4. The highest BCUT2D eigenvalue weighted by Gasteiger charge is 2.33. The van der Waals surface area contributed by atoms with Gasteiger partial charge >= 0.3 is 0 Å². The van der Waals surface area contributed by atoms with E-state index in [-0.39, 0.29) is 16.8 Å². The summed E-state index contributed by atoms with van der Waals surface area (Å²) >= 11 is 0. The molecule has 0 N–H and O–H groups in total. The number of nitrogens with zero attached hydrogens (tertiary/aromatic N) is 5. The number of aryl methyl sites for hydroxylation is 1. The van der Waals surface area contributed by atoms with Gasteiger partial charge in [-0.05, 0) is 37.0 Å². The van der Waals surface area contributed by atoms with E-state index >= 15 is 0 Å². The molecule has 2 aromatic heterocycles. The van der Waals surface area contributed by atoms with Gasteiger partial charge in [-0.3, -0.25) is 0 Å². The van der Waals surface area contributed by atoms with Crippen LogP contribution in [0.4, 0.5) is 0 Å². The lowest BCUT2D eigenvalue weighted by molar-refractivity contribution is 0.214. The van der Waals surface area contributed by atoms with Crippen molar-refractivity contribution in [3.8, 4) is 12.1 Å². The number of unbranched alkanes of at least 4 members (excludes halogenated alkanes) is 4. The lowest BCUT2D eigenvalue weighted by atomic mass is 9.72. The van der Waals surface area contributed by atoms with Crippen LogP contribution >= 0.6 is 0 Å². The topological polar surface area (TPSA) is 78.3 Å². The van der Waals surface area contributed by atoms with Crippen molar-refractivity contribution in [3.05, 3.63) is 22.6 Å². The lowest BCUT2D eigenvalue weighted by Gasteiger charge is -2.34. The second-order valence-corrected chi connectivity index (χ2v) is 9.11. The molecule has 0 saturated carbocycles. The Morgan fingerprint density at radius 2 is 1.71 bits per heavy atom. The third kappa shape index (κ3) is 3.90. The van der Waals surface area contributed by atoms with Crippen molar-refractivity contribution < 1.29 is 0 Å². The summed E-state index contributed by atoms with van der Waals surface area (Å²) in [5.74, 6) is 0.589. The third-order valence-electron chi connectivity index (χ3n) is 6.20. The van der Waals surface area contributed by atoms with Gasteiger partial charge < -0.3 is 4.57 Å². The molecule has 0 amide bonds. The number of fused-ring (bicyclic) bond motifs is 3. The molecule has 1 aliphatic rings. The van der Waals surface area contributed by atoms with E-state index < -0.39 is 0 Å². The standard InChI is InChI=1S/C23H31N5/c1-5-6-7-8-9-12-28-20-11-10-16(23(2,3)4)13-17(20)21-22(28)27-19(15-25)18(14-24)26-21/h16H,5-13H2,1-4H3. The Morgan fingerprint density at radius 3 is 2.36 bits per heavy atom. The van der Waals surface area contributed by atoms with Gasteiger partial charge in [0, 0.05) is 17.8 Å². The number of rotatable bonds is 6. The molecule has 0 bridgehead atoms. The van der Waals surface area contributed by atoms with Crippen molar-refractivity contribution in [2.75, 3.05) is 0 Å². The molecule has 1 aliphatic carbocycles. The highest BCUT2D eigenvalue weighted by atomic mass is 15.1. The van der Waals surface area contributed by atoms with Crippen LogP contribution in [-0.2, 0) is 19.4 Å². The van der Waals surface area contributed by atoms with Gasteiger partial charge in [-0.15, -0.1) is 0 Å². The van der Waals surface area contributed by atoms with Crippen LogP contribution in [0.3, 0.4) is 0 Å². The molecule has 0 aliphatic heterocycles. The van der Waals surface area contributed by atoms with E-state index in [0.29, 0.717) is 5.92 Å². The molecule has 5 nitrogen and oxygen atoms in total. The summed E-state index contributed by atoms with van der Waals surface area (Å²) in [4.78, 5) is 9.19. The summed E-state index contributed by atoms with van der Waals surface area (Å²) in [6.07, 6.45) is 9.27. The van der Waals surface area contributed by atoms with Crippen LogP contribution in [0.1, 0.15) is 88.9 Å². The van der Waals surface area contributed by atoms with Gasteiger partial charge in [-0.1, -0.05) is 53.4 Å². The Bertz CT molecular complexity index is 933. The minimum absolute atomic E-state index is 0.143. The van der Waals surface area contributed by atoms with Crippen LogP contribution in [0.25, 0.3) is 11.2 Å². The van der Waals surface area contributed by atoms with E-state index in [1.54, 1.807) is 0 Å². The fourth-order valence-corrected chi connectivity index (χ4v) is 4.41. The van der Waals surface area contributed by atoms with Gasteiger partial charge in [0.2, 0.25) is 0 Å². The Morgan fingerprint density at radius 1 is 1.04 bits per heavy atom. The third-order valence-corrected chi connectivity index (χ3v) is 6.20. The maximum absolute atomic E-state index is 9.41. The fourth-order valence-electron chi connectivity index (χ4n) is 4.41. The summed E-state index contributed by atoms with van der Waals surface area (Å²) in [7, 11) is 0. The van der Waals surface area contributed by atoms with Gasteiger partial charge in [0.15, 0.2) is 17.0 Å². The number of hydrogen-bond acceptors (Lipinski definition) is 4. The molecular weight excluding hydrogens is 346 g/mol. The number of aromatic nitrogens is 3. The molecule has 0 fully saturated rings. The smallest absolute Gasteiger partial charge is 0.179 e. The van der Waals surface area contributed by atoms with Crippen molar-refractivity contribution in [1.82, 2.24) is 14.5 Å². The molecule has 2 aromatic rings. The fraction of sp³-hybridized carbons (Fsp3) is 0.652. The molecule has 0 radical (unpaired) electrons. The predicted molar refractivity (Wildman–Crippen MR) is 111 cm³/mol. The van der Waals surface area contributed by atoms with Crippen LogP contribution in [0.5, 0.6) is 0 Å². The van der Waals surface area contributed by atoms with Crippen molar-refractivity contribution >= 4 is 11.2 Å². The Balaban J connectivity index is 2.04. The Hall–Kier alpha value is -2.40. The van der Waals surface area contributed by atoms with Crippen LogP contribution in [0, 0.1) is 34.0 Å². The van der Waals surface area contributed by atoms with Crippen LogP contribution in [-0.4, -0.2) is 14.5 Å². The first kappa shape index (κ1) is 20.3. The molecule has 3 rings (SSSR count). The zero-order valence-electron chi connectivity index (χ0n) is 17.7. The van der Waals surface area contributed by atoms with E-state index in [2.05, 4.69) is 54.4 Å². The second kappa shape index (κ2) is 8.31. The quantitative estimate of drug-likeness (QED) is 0.640. The van der Waals surface area contributed by atoms with Crippen LogP contribution < -0.4 is 0 Å². The second-order valence-electron chi connectivity index (χ2n) is 9.11. The number of hydrogen-bond donors (Lipinski definition) is 0. The predicted octanol–water partition coefficient (Wildman–Crippen LogP) is 5.30. The molecule has 5 heteroatoms. The molecule has 2 heterocycles. The maximum Gasteiger partial charge on any atom is 0.179 e. The average Bonchev–Trinajstić information content (AvgIpc) is 2.98. The van der Waals surface area contributed by atoms with E-state index in [4.69, 9.17) is 0 Å². The van der Waals surface area contributed by atoms with Crippen molar-refractivity contribution in [1.29, 1.82) is 10.5 Å². The van der Waals surface area contributed by atoms with Crippen molar-refractivity contribution in [3.63, 3.8) is 0 Å². The largest absolute Gasteiger partial charge is 0.328 e.